The van der Waals surface area contributed by atoms with Crippen LogP contribution in [-0.4, -0.2) is 20.6 Å². The summed E-state index contributed by atoms with van der Waals surface area (Å²) >= 11 is 1.71. The van der Waals surface area contributed by atoms with E-state index in [4.69, 9.17) is 0 Å². The van der Waals surface area contributed by atoms with E-state index in [1.807, 2.05) is 26.2 Å². The maximum absolute atomic E-state index is 4.45. The van der Waals surface area contributed by atoms with E-state index in [0.717, 1.165) is 36.0 Å². The smallest absolute Gasteiger partial charge is 0.105 e. The van der Waals surface area contributed by atoms with Crippen LogP contribution in [0.5, 0.6) is 0 Å². The Morgan fingerprint density at radius 1 is 1.44 bits per heavy atom. The molecule has 2 rings (SSSR count). The topological polar surface area (TPSA) is 42.7 Å². The largest absolute Gasteiger partial charge is 0.335 e. The molecule has 18 heavy (non-hydrogen) atoms. The number of aryl methyl sites for hydroxylation is 3. The predicted molar refractivity (Wildman–Crippen MR) is 74.7 cm³/mol. The molecule has 4 nitrogen and oxygen atoms in total. The molecule has 0 saturated heterocycles. The Morgan fingerprint density at radius 3 is 2.89 bits per heavy atom. The molecule has 2 aromatic heterocycles. The summed E-state index contributed by atoms with van der Waals surface area (Å²) in [6, 6.07) is 0.480. The van der Waals surface area contributed by atoms with Crippen molar-refractivity contribution in [2.75, 3.05) is 0 Å². The molecule has 0 aliphatic carbocycles. The Labute approximate surface area is 112 Å². The molecule has 0 bridgehead atoms. The van der Waals surface area contributed by atoms with Crippen LogP contribution in [0.2, 0.25) is 0 Å². The first-order valence-corrected chi connectivity index (χ1v) is 7.15. The lowest BCUT2D eigenvalue weighted by molar-refractivity contribution is 0.470. The minimum Gasteiger partial charge on any atom is -0.335 e. The van der Waals surface area contributed by atoms with Crippen LogP contribution in [0.3, 0.4) is 0 Å². The molecule has 0 aliphatic heterocycles. The zero-order valence-electron chi connectivity index (χ0n) is 11.2. The van der Waals surface area contributed by atoms with Gasteiger partial charge in [-0.25, -0.2) is 9.97 Å². The maximum atomic E-state index is 4.45. The van der Waals surface area contributed by atoms with Gasteiger partial charge in [-0.05, 0) is 27.2 Å². The molecule has 0 aromatic carbocycles. The van der Waals surface area contributed by atoms with Crippen LogP contribution in [0.1, 0.15) is 29.9 Å². The van der Waals surface area contributed by atoms with Gasteiger partial charge in [-0.15, -0.1) is 11.3 Å². The van der Waals surface area contributed by atoms with Gasteiger partial charge >= 0.3 is 0 Å². The van der Waals surface area contributed by atoms with Gasteiger partial charge in [0.15, 0.2) is 0 Å². The molecular formula is C13H20N4S. The SMILES string of the molecule is Cc1nc(CNC(C)CCn2ccnc2C)cs1. The van der Waals surface area contributed by atoms with E-state index in [9.17, 15) is 0 Å². The van der Waals surface area contributed by atoms with E-state index in [1.165, 1.54) is 0 Å². The van der Waals surface area contributed by atoms with E-state index >= 15 is 0 Å². The van der Waals surface area contributed by atoms with Crippen molar-refractivity contribution < 1.29 is 0 Å². The second kappa shape index (κ2) is 6.11. The number of aromatic nitrogens is 3. The van der Waals surface area contributed by atoms with Crippen LogP contribution in [0.15, 0.2) is 17.8 Å². The summed E-state index contributed by atoms with van der Waals surface area (Å²) in [6.45, 7) is 8.16. The van der Waals surface area contributed by atoms with E-state index in [1.54, 1.807) is 11.3 Å². The quantitative estimate of drug-likeness (QED) is 0.872. The van der Waals surface area contributed by atoms with Crippen molar-refractivity contribution in [2.24, 2.45) is 0 Å². The highest BCUT2D eigenvalue weighted by Gasteiger charge is 2.05. The summed E-state index contributed by atoms with van der Waals surface area (Å²) in [5, 5.41) is 6.76. The van der Waals surface area contributed by atoms with Gasteiger partial charge < -0.3 is 9.88 Å². The highest BCUT2D eigenvalue weighted by atomic mass is 32.1. The summed E-state index contributed by atoms with van der Waals surface area (Å²) in [6.07, 6.45) is 4.98. The molecule has 1 N–H and O–H groups in total. The third kappa shape index (κ3) is 3.65. The third-order valence-corrected chi connectivity index (χ3v) is 3.85. The lowest BCUT2D eigenvalue weighted by atomic mass is 10.2. The van der Waals surface area contributed by atoms with Crippen molar-refractivity contribution in [2.45, 2.75) is 46.3 Å². The van der Waals surface area contributed by atoms with Crippen LogP contribution >= 0.6 is 11.3 Å². The van der Waals surface area contributed by atoms with Crippen molar-refractivity contribution in [3.8, 4) is 0 Å². The number of rotatable bonds is 6. The summed E-state index contributed by atoms with van der Waals surface area (Å²) in [5.74, 6) is 1.08. The number of hydrogen-bond acceptors (Lipinski definition) is 4. The van der Waals surface area contributed by atoms with Gasteiger partial charge in [0.1, 0.15) is 5.82 Å². The molecule has 0 aliphatic rings. The highest BCUT2D eigenvalue weighted by Crippen LogP contribution is 2.08. The van der Waals surface area contributed by atoms with Gasteiger partial charge in [0.05, 0.1) is 10.7 Å². The van der Waals surface area contributed by atoms with E-state index in [-0.39, 0.29) is 0 Å². The second-order valence-corrected chi connectivity index (χ2v) is 5.66. The lowest BCUT2D eigenvalue weighted by Gasteiger charge is -2.13. The number of nitrogens with one attached hydrogen (secondary N) is 1. The van der Waals surface area contributed by atoms with Gasteiger partial charge in [-0.1, -0.05) is 0 Å². The van der Waals surface area contributed by atoms with Crippen molar-refractivity contribution in [3.05, 3.63) is 34.3 Å². The van der Waals surface area contributed by atoms with E-state index in [0.29, 0.717) is 6.04 Å². The van der Waals surface area contributed by atoms with E-state index in [2.05, 4.69) is 32.2 Å². The molecule has 5 heteroatoms. The molecule has 0 radical (unpaired) electrons. The van der Waals surface area contributed by atoms with E-state index < -0.39 is 0 Å². The Balaban J connectivity index is 1.72. The fourth-order valence-electron chi connectivity index (χ4n) is 1.84. The number of imidazole rings is 1. The number of nitrogens with zero attached hydrogens (tertiary/aromatic N) is 3. The maximum Gasteiger partial charge on any atom is 0.105 e. The molecule has 0 spiro atoms. The van der Waals surface area contributed by atoms with Crippen LogP contribution in [0, 0.1) is 13.8 Å². The monoisotopic (exact) mass is 264 g/mol. The molecule has 1 atom stereocenters. The highest BCUT2D eigenvalue weighted by molar-refractivity contribution is 7.09. The summed E-state index contributed by atoms with van der Waals surface area (Å²) in [7, 11) is 0. The molecule has 0 amide bonds. The summed E-state index contributed by atoms with van der Waals surface area (Å²) in [4.78, 5) is 8.67. The zero-order chi connectivity index (χ0) is 13.0. The minimum absolute atomic E-state index is 0.480. The second-order valence-electron chi connectivity index (χ2n) is 4.60. The lowest BCUT2D eigenvalue weighted by Crippen LogP contribution is -2.27. The fourth-order valence-corrected chi connectivity index (χ4v) is 2.46. The van der Waals surface area contributed by atoms with Gasteiger partial charge in [-0.3, -0.25) is 0 Å². The number of hydrogen-bond donors (Lipinski definition) is 1. The average Bonchev–Trinajstić information content (AvgIpc) is 2.93. The van der Waals surface area contributed by atoms with Crippen molar-refractivity contribution in [1.29, 1.82) is 0 Å². The van der Waals surface area contributed by atoms with Gasteiger partial charge in [-0.2, -0.15) is 0 Å². The first kappa shape index (κ1) is 13.2. The molecule has 0 fully saturated rings. The van der Waals surface area contributed by atoms with Crippen molar-refractivity contribution in [3.63, 3.8) is 0 Å². The first-order valence-electron chi connectivity index (χ1n) is 6.27. The fraction of sp³-hybridized carbons (Fsp3) is 0.538. The molecule has 98 valence electrons. The summed E-state index contributed by atoms with van der Waals surface area (Å²) < 4.78 is 2.19. The normalized spacial score (nSPS) is 12.8. The Bertz CT molecular complexity index is 489. The van der Waals surface area contributed by atoms with Gasteiger partial charge in [0.2, 0.25) is 0 Å². The third-order valence-electron chi connectivity index (χ3n) is 3.02. The zero-order valence-corrected chi connectivity index (χ0v) is 12.0. The number of thiazole rings is 1. The average molecular weight is 264 g/mol. The molecule has 2 aromatic rings. The molecule has 2 heterocycles. The molecular weight excluding hydrogens is 244 g/mol. The van der Waals surface area contributed by atoms with Crippen LogP contribution in [-0.2, 0) is 13.1 Å². The van der Waals surface area contributed by atoms with Crippen LogP contribution < -0.4 is 5.32 Å². The Hall–Kier alpha value is -1.20. The van der Waals surface area contributed by atoms with Crippen LogP contribution in [0.4, 0.5) is 0 Å². The predicted octanol–water partition coefficient (Wildman–Crippen LogP) is 2.52. The Morgan fingerprint density at radius 2 is 2.28 bits per heavy atom. The Kier molecular flexibility index (Phi) is 4.49. The van der Waals surface area contributed by atoms with Crippen molar-refractivity contribution in [1.82, 2.24) is 19.9 Å². The van der Waals surface area contributed by atoms with Gasteiger partial charge in [0.25, 0.3) is 0 Å². The molecule has 1 unspecified atom stereocenters. The van der Waals surface area contributed by atoms with Crippen molar-refractivity contribution >= 4 is 11.3 Å². The summed E-state index contributed by atoms with van der Waals surface area (Å²) in [5.41, 5.74) is 1.14. The molecule has 0 saturated carbocycles. The minimum atomic E-state index is 0.480. The standard InChI is InChI=1S/C13H20N4S/c1-10(4-6-17-7-5-14-11(17)2)15-8-13-9-18-12(3)16-13/h5,7,9-10,15H,4,6,8H2,1-3H3. The van der Waals surface area contributed by atoms with Crippen LogP contribution in [0.25, 0.3) is 0 Å². The first-order chi connectivity index (χ1) is 8.65. The van der Waals surface area contributed by atoms with Gasteiger partial charge in [0, 0.05) is 36.9 Å².